The molecule has 0 saturated heterocycles. The van der Waals surface area contributed by atoms with Crippen molar-refractivity contribution in [2.24, 2.45) is 29.1 Å². The third-order valence-electron chi connectivity index (χ3n) is 4.38. The molecule has 0 aromatic carbocycles. The zero-order valence-electron chi connectivity index (χ0n) is 8.22. The molecule has 0 radical (unpaired) electrons. The standard InChI is InChI=1S/C11H20/c1-7-5-9(6-7)10-8(2)11(10,3)4/h7-10H,5-6H2,1-4H3. The predicted octanol–water partition coefficient (Wildman–Crippen LogP) is 3.32. The van der Waals surface area contributed by atoms with Gasteiger partial charge in [-0.25, -0.2) is 0 Å². The molecule has 2 aliphatic carbocycles. The summed E-state index contributed by atoms with van der Waals surface area (Å²) >= 11 is 0. The quantitative estimate of drug-likeness (QED) is 0.540. The van der Waals surface area contributed by atoms with Crippen LogP contribution in [0.4, 0.5) is 0 Å². The highest BCUT2D eigenvalue weighted by atomic mass is 14.6. The first kappa shape index (κ1) is 7.64. The van der Waals surface area contributed by atoms with Crippen LogP contribution in [0.5, 0.6) is 0 Å². The Morgan fingerprint density at radius 3 is 1.82 bits per heavy atom. The van der Waals surface area contributed by atoms with Crippen molar-refractivity contribution in [2.45, 2.75) is 40.5 Å². The molecular weight excluding hydrogens is 132 g/mol. The second kappa shape index (κ2) is 2.02. The van der Waals surface area contributed by atoms with Crippen LogP contribution < -0.4 is 0 Å². The van der Waals surface area contributed by atoms with E-state index in [9.17, 15) is 0 Å². The third kappa shape index (κ3) is 0.947. The Morgan fingerprint density at radius 2 is 1.55 bits per heavy atom. The summed E-state index contributed by atoms with van der Waals surface area (Å²) in [4.78, 5) is 0. The van der Waals surface area contributed by atoms with Gasteiger partial charge >= 0.3 is 0 Å². The van der Waals surface area contributed by atoms with Gasteiger partial charge in [0.1, 0.15) is 0 Å². The molecule has 11 heavy (non-hydrogen) atoms. The van der Waals surface area contributed by atoms with Crippen molar-refractivity contribution in [1.82, 2.24) is 0 Å². The van der Waals surface area contributed by atoms with E-state index in [1.807, 2.05) is 0 Å². The smallest absolute Gasteiger partial charge is 0.0292 e. The summed E-state index contributed by atoms with van der Waals surface area (Å²) in [7, 11) is 0. The van der Waals surface area contributed by atoms with Crippen LogP contribution in [0.25, 0.3) is 0 Å². The van der Waals surface area contributed by atoms with Gasteiger partial charge in [0.2, 0.25) is 0 Å². The Bertz CT molecular complexity index is 163. The van der Waals surface area contributed by atoms with Crippen molar-refractivity contribution < 1.29 is 0 Å². The van der Waals surface area contributed by atoms with Gasteiger partial charge in [0.25, 0.3) is 0 Å². The summed E-state index contributed by atoms with van der Waals surface area (Å²) in [5.41, 5.74) is 0.685. The molecule has 0 N–H and O–H groups in total. The Hall–Kier alpha value is 0. The first-order chi connectivity index (χ1) is 5.03. The SMILES string of the molecule is CC1CC(C2C(C)C2(C)C)C1. The molecule has 2 saturated carbocycles. The second-order valence-electron chi connectivity index (χ2n) is 5.47. The van der Waals surface area contributed by atoms with Crippen molar-refractivity contribution in [3.8, 4) is 0 Å². The van der Waals surface area contributed by atoms with Crippen LogP contribution in [-0.4, -0.2) is 0 Å². The zero-order valence-corrected chi connectivity index (χ0v) is 8.22. The molecule has 0 aromatic heterocycles. The molecule has 2 fully saturated rings. The van der Waals surface area contributed by atoms with E-state index in [4.69, 9.17) is 0 Å². The molecule has 0 aliphatic heterocycles. The van der Waals surface area contributed by atoms with Crippen LogP contribution in [0.3, 0.4) is 0 Å². The van der Waals surface area contributed by atoms with Crippen molar-refractivity contribution >= 4 is 0 Å². The largest absolute Gasteiger partial charge is 0.0625 e. The molecule has 0 spiro atoms. The van der Waals surface area contributed by atoms with E-state index >= 15 is 0 Å². The van der Waals surface area contributed by atoms with Crippen LogP contribution in [0, 0.1) is 29.1 Å². The first-order valence-electron chi connectivity index (χ1n) is 5.03. The molecule has 0 nitrogen and oxygen atoms in total. The molecule has 0 heteroatoms. The molecule has 0 amide bonds. The van der Waals surface area contributed by atoms with Crippen LogP contribution in [0.15, 0.2) is 0 Å². The fourth-order valence-corrected chi connectivity index (χ4v) is 3.21. The summed E-state index contributed by atoms with van der Waals surface area (Å²) in [6.45, 7) is 9.68. The lowest BCUT2D eigenvalue weighted by atomic mass is 9.72. The molecule has 0 aromatic rings. The maximum atomic E-state index is 2.44. The molecule has 64 valence electrons. The fourth-order valence-electron chi connectivity index (χ4n) is 3.21. The number of hydrogen-bond acceptors (Lipinski definition) is 0. The fraction of sp³-hybridized carbons (Fsp3) is 1.00. The number of hydrogen-bond donors (Lipinski definition) is 0. The van der Waals surface area contributed by atoms with Crippen molar-refractivity contribution in [3.63, 3.8) is 0 Å². The van der Waals surface area contributed by atoms with E-state index in [0.29, 0.717) is 5.41 Å². The summed E-state index contributed by atoms with van der Waals surface area (Å²) in [6.07, 6.45) is 3.02. The third-order valence-corrected chi connectivity index (χ3v) is 4.38. The average Bonchev–Trinajstić information content (AvgIpc) is 2.27. The molecule has 2 rings (SSSR count). The average molecular weight is 152 g/mol. The Kier molecular flexibility index (Phi) is 1.41. The minimum atomic E-state index is 0.685. The van der Waals surface area contributed by atoms with Gasteiger partial charge < -0.3 is 0 Å². The molecule has 0 bridgehead atoms. The van der Waals surface area contributed by atoms with Gasteiger partial charge in [0.05, 0.1) is 0 Å². The monoisotopic (exact) mass is 152 g/mol. The van der Waals surface area contributed by atoms with E-state index in [2.05, 4.69) is 27.7 Å². The van der Waals surface area contributed by atoms with E-state index in [-0.39, 0.29) is 0 Å². The summed E-state index contributed by atoms with van der Waals surface area (Å²) in [5, 5.41) is 0. The highest BCUT2D eigenvalue weighted by Crippen LogP contribution is 2.65. The van der Waals surface area contributed by atoms with Crippen molar-refractivity contribution in [1.29, 1.82) is 0 Å². The molecule has 2 unspecified atom stereocenters. The first-order valence-corrected chi connectivity index (χ1v) is 5.03. The van der Waals surface area contributed by atoms with Gasteiger partial charge in [-0.2, -0.15) is 0 Å². The van der Waals surface area contributed by atoms with Crippen LogP contribution in [0.2, 0.25) is 0 Å². The maximum absolute atomic E-state index is 2.44. The minimum Gasteiger partial charge on any atom is -0.0625 e. The lowest BCUT2D eigenvalue weighted by molar-refractivity contribution is 0.165. The minimum absolute atomic E-state index is 0.685. The lowest BCUT2D eigenvalue weighted by Crippen LogP contribution is -2.24. The van der Waals surface area contributed by atoms with Crippen LogP contribution >= 0.6 is 0 Å². The summed E-state index contributed by atoms with van der Waals surface area (Å²) in [6, 6.07) is 0. The lowest BCUT2D eigenvalue weighted by Gasteiger charge is -2.34. The zero-order chi connectivity index (χ0) is 8.22. The van der Waals surface area contributed by atoms with E-state index in [0.717, 1.165) is 23.7 Å². The van der Waals surface area contributed by atoms with Crippen LogP contribution in [-0.2, 0) is 0 Å². The van der Waals surface area contributed by atoms with Gasteiger partial charge in [0.15, 0.2) is 0 Å². The predicted molar refractivity (Wildman–Crippen MR) is 48.3 cm³/mol. The maximum Gasteiger partial charge on any atom is -0.0292 e. The highest BCUT2D eigenvalue weighted by molar-refractivity contribution is 5.07. The molecular formula is C11H20. The number of rotatable bonds is 1. The molecule has 2 aliphatic rings. The van der Waals surface area contributed by atoms with Gasteiger partial charge in [-0.05, 0) is 41.9 Å². The summed E-state index contributed by atoms with van der Waals surface area (Å²) in [5.74, 6) is 4.19. The van der Waals surface area contributed by atoms with E-state index in [1.54, 1.807) is 0 Å². The van der Waals surface area contributed by atoms with Gasteiger partial charge in [-0.1, -0.05) is 27.7 Å². The van der Waals surface area contributed by atoms with Gasteiger partial charge in [0, 0.05) is 0 Å². The normalized spacial score (nSPS) is 53.5. The van der Waals surface area contributed by atoms with E-state index < -0.39 is 0 Å². The van der Waals surface area contributed by atoms with Gasteiger partial charge in [-0.3, -0.25) is 0 Å². The van der Waals surface area contributed by atoms with E-state index in [1.165, 1.54) is 12.8 Å². The Labute approximate surface area is 70.4 Å². The van der Waals surface area contributed by atoms with Gasteiger partial charge in [-0.15, -0.1) is 0 Å². The summed E-state index contributed by atoms with van der Waals surface area (Å²) < 4.78 is 0. The van der Waals surface area contributed by atoms with Crippen LogP contribution in [0.1, 0.15) is 40.5 Å². The Balaban J connectivity index is 1.91. The topological polar surface area (TPSA) is 0 Å². The second-order valence-corrected chi connectivity index (χ2v) is 5.47. The molecule has 2 atom stereocenters. The van der Waals surface area contributed by atoms with Crippen molar-refractivity contribution in [3.05, 3.63) is 0 Å². The molecule has 0 heterocycles. The highest BCUT2D eigenvalue weighted by Gasteiger charge is 2.59. The van der Waals surface area contributed by atoms with Crippen molar-refractivity contribution in [2.75, 3.05) is 0 Å². The Morgan fingerprint density at radius 1 is 1.09 bits per heavy atom.